The Balaban J connectivity index is 1.26. The van der Waals surface area contributed by atoms with Crippen LogP contribution in [0.5, 0.6) is 11.5 Å². The van der Waals surface area contributed by atoms with E-state index in [0.29, 0.717) is 13.2 Å². The van der Waals surface area contributed by atoms with Gasteiger partial charge in [0, 0.05) is 45.0 Å². The van der Waals surface area contributed by atoms with Crippen LogP contribution in [-0.4, -0.2) is 67.8 Å². The Morgan fingerprint density at radius 3 is 2.57 bits per heavy atom. The summed E-state index contributed by atoms with van der Waals surface area (Å²) < 4.78 is 11.2. The molecule has 0 aliphatic carbocycles. The number of piperazine rings is 1. The first-order valence-corrected chi connectivity index (χ1v) is 10.7. The van der Waals surface area contributed by atoms with Gasteiger partial charge in [-0.3, -0.25) is 9.69 Å². The van der Waals surface area contributed by atoms with Crippen LogP contribution in [0.4, 0.5) is 5.82 Å². The summed E-state index contributed by atoms with van der Waals surface area (Å²) in [5, 5.41) is 3.17. The van der Waals surface area contributed by atoms with Crippen molar-refractivity contribution < 1.29 is 14.3 Å². The molecule has 2 atom stereocenters. The number of nitrogens with one attached hydrogen (secondary N) is 1. The maximum atomic E-state index is 12.8. The molecule has 0 spiro atoms. The van der Waals surface area contributed by atoms with Gasteiger partial charge in [-0.1, -0.05) is 12.1 Å². The van der Waals surface area contributed by atoms with Gasteiger partial charge >= 0.3 is 0 Å². The number of hydrogen-bond donors (Lipinski definition) is 1. The second-order valence-corrected chi connectivity index (χ2v) is 8.01. The van der Waals surface area contributed by atoms with Crippen LogP contribution >= 0.6 is 0 Å². The molecule has 1 saturated heterocycles. The number of anilines is 1. The first-order chi connectivity index (χ1) is 14.6. The van der Waals surface area contributed by atoms with Crippen molar-refractivity contribution in [2.75, 3.05) is 50.8 Å². The molecule has 0 bridgehead atoms. The van der Waals surface area contributed by atoms with Crippen molar-refractivity contribution in [1.82, 2.24) is 15.2 Å². The zero-order chi connectivity index (χ0) is 20.9. The van der Waals surface area contributed by atoms with Crippen LogP contribution in [0.2, 0.25) is 0 Å². The number of nitrogens with zero attached hydrogens (tertiary/aromatic N) is 3. The van der Waals surface area contributed by atoms with Crippen molar-refractivity contribution in [3.63, 3.8) is 0 Å². The topological polar surface area (TPSA) is 66.9 Å². The van der Waals surface area contributed by atoms with E-state index in [4.69, 9.17) is 9.47 Å². The van der Waals surface area contributed by atoms with Crippen molar-refractivity contribution >= 4 is 11.7 Å². The second-order valence-electron chi connectivity index (χ2n) is 8.01. The predicted molar refractivity (Wildman–Crippen MR) is 116 cm³/mol. The van der Waals surface area contributed by atoms with Gasteiger partial charge in [-0.2, -0.15) is 0 Å². The van der Waals surface area contributed by atoms with Crippen LogP contribution in [0.1, 0.15) is 25.3 Å². The van der Waals surface area contributed by atoms with E-state index in [-0.39, 0.29) is 17.9 Å². The Hall–Kier alpha value is -2.80. The second kappa shape index (κ2) is 9.34. The molecule has 0 radical (unpaired) electrons. The average molecular weight is 411 g/mol. The number of amides is 1. The minimum absolute atomic E-state index is 0.0336. The molecule has 1 aromatic carbocycles. The molecule has 7 heteroatoms. The van der Waals surface area contributed by atoms with E-state index in [1.54, 1.807) is 0 Å². The number of pyridine rings is 1. The lowest BCUT2D eigenvalue weighted by Gasteiger charge is -2.36. The standard InChI is InChI=1S/C23H30N4O3/c1-17(16-26-9-11-27(12-10-26)22-5-3-4-8-24-22)25-23(28)18(2)19-6-7-20-21(15-19)30-14-13-29-20/h3-8,15,17-18H,9-14,16H2,1-2H3,(H,25,28). The maximum absolute atomic E-state index is 12.8. The number of benzene rings is 1. The lowest BCUT2D eigenvalue weighted by atomic mass is 9.99. The fraction of sp³-hybridized carbons (Fsp3) is 0.478. The third kappa shape index (κ3) is 4.84. The van der Waals surface area contributed by atoms with Crippen molar-refractivity contribution in [3.8, 4) is 11.5 Å². The van der Waals surface area contributed by atoms with Crippen LogP contribution in [0.15, 0.2) is 42.6 Å². The summed E-state index contributed by atoms with van der Waals surface area (Å²) in [5.41, 5.74) is 0.938. The Morgan fingerprint density at radius 2 is 1.83 bits per heavy atom. The van der Waals surface area contributed by atoms with Crippen LogP contribution in [0.25, 0.3) is 0 Å². The van der Waals surface area contributed by atoms with Crippen LogP contribution < -0.4 is 19.7 Å². The highest BCUT2D eigenvalue weighted by molar-refractivity contribution is 5.83. The maximum Gasteiger partial charge on any atom is 0.227 e. The summed E-state index contributed by atoms with van der Waals surface area (Å²) >= 11 is 0. The Labute approximate surface area is 178 Å². The number of hydrogen-bond acceptors (Lipinski definition) is 6. The number of carbonyl (C=O) groups is 1. The molecule has 1 aromatic heterocycles. The summed E-state index contributed by atoms with van der Waals surface area (Å²) in [6.07, 6.45) is 1.84. The van der Waals surface area contributed by atoms with Crippen LogP contribution in [0, 0.1) is 0 Å². The van der Waals surface area contributed by atoms with E-state index in [1.807, 2.05) is 43.5 Å². The van der Waals surface area contributed by atoms with Gasteiger partial charge in [0.05, 0.1) is 5.92 Å². The molecule has 3 heterocycles. The number of fused-ring (bicyclic) bond motifs is 1. The van der Waals surface area contributed by atoms with E-state index >= 15 is 0 Å². The van der Waals surface area contributed by atoms with Crippen molar-refractivity contribution in [2.24, 2.45) is 0 Å². The van der Waals surface area contributed by atoms with Gasteiger partial charge in [-0.25, -0.2) is 4.98 Å². The number of ether oxygens (including phenoxy) is 2. The molecule has 1 amide bonds. The number of carbonyl (C=O) groups excluding carboxylic acids is 1. The molecule has 2 aliphatic rings. The van der Waals surface area contributed by atoms with Crippen molar-refractivity contribution in [3.05, 3.63) is 48.2 Å². The average Bonchev–Trinajstić information content (AvgIpc) is 2.79. The largest absolute Gasteiger partial charge is 0.486 e. The number of aromatic nitrogens is 1. The van der Waals surface area contributed by atoms with Gasteiger partial charge < -0.3 is 19.7 Å². The van der Waals surface area contributed by atoms with Gasteiger partial charge in [0.15, 0.2) is 11.5 Å². The monoisotopic (exact) mass is 410 g/mol. The van der Waals surface area contributed by atoms with E-state index < -0.39 is 0 Å². The number of rotatable bonds is 6. The minimum atomic E-state index is -0.246. The molecule has 2 unspecified atom stereocenters. The highest BCUT2D eigenvalue weighted by Crippen LogP contribution is 2.33. The SMILES string of the molecule is CC(CN1CCN(c2ccccn2)CC1)NC(=O)C(C)c1ccc2c(c1)OCCO2. The molecule has 2 aromatic rings. The zero-order valence-corrected chi connectivity index (χ0v) is 17.7. The van der Waals surface area contributed by atoms with E-state index in [0.717, 1.165) is 55.6 Å². The van der Waals surface area contributed by atoms with Crippen LogP contribution in [-0.2, 0) is 4.79 Å². The molecule has 1 fully saturated rings. The molecule has 30 heavy (non-hydrogen) atoms. The van der Waals surface area contributed by atoms with Crippen molar-refractivity contribution in [1.29, 1.82) is 0 Å². The van der Waals surface area contributed by atoms with E-state index in [9.17, 15) is 4.79 Å². The normalized spacial score (nSPS) is 18.5. The van der Waals surface area contributed by atoms with E-state index in [1.165, 1.54) is 0 Å². The molecule has 2 aliphatic heterocycles. The predicted octanol–water partition coefficient (Wildman–Crippen LogP) is 2.28. The molecule has 4 rings (SSSR count). The third-order valence-corrected chi connectivity index (χ3v) is 5.73. The quantitative estimate of drug-likeness (QED) is 0.788. The zero-order valence-electron chi connectivity index (χ0n) is 17.7. The molecule has 1 N–H and O–H groups in total. The summed E-state index contributed by atoms with van der Waals surface area (Å²) in [6, 6.07) is 11.8. The summed E-state index contributed by atoms with van der Waals surface area (Å²) in [4.78, 5) is 21.9. The van der Waals surface area contributed by atoms with Crippen LogP contribution in [0.3, 0.4) is 0 Å². The summed E-state index contributed by atoms with van der Waals surface area (Å²) in [7, 11) is 0. The Kier molecular flexibility index (Phi) is 6.38. The fourth-order valence-corrected chi connectivity index (χ4v) is 3.98. The highest BCUT2D eigenvalue weighted by Gasteiger charge is 2.23. The lowest BCUT2D eigenvalue weighted by Crippen LogP contribution is -2.51. The van der Waals surface area contributed by atoms with Gasteiger partial charge in [-0.15, -0.1) is 0 Å². The van der Waals surface area contributed by atoms with E-state index in [2.05, 4.69) is 33.1 Å². The Bertz CT molecular complexity index is 853. The molecular weight excluding hydrogens is 380 g/mol. The molecule has 160 valence electrons. The smallest absolute Gasteiger partial charge is 0.227 e. The Morgan fingerprint density at radius 1 is 1.07 bits per heavy atom. The third-order valence-electron chi connectivity index (χ3n) is 5.73. The molecule has 7 nitrogen and oxygen atoms in total. The molecule has 0 saturated carbocycles. The summed E-state index contributed by atoms with van der Waals surface area (Å²) in [6.45, 7) is 9.78. The van der Waals surface area contributed by atoms with Gasteiger partial charge in [0.25, 0.3) is 0 Å². The fourth-order valence-electron chi connectivity index (χ4n) is 3.98. The summed E-state index contributed by atoms with van der Waals surface area (Å²) in [5.74, 6) is 2.29. The lowest BCUT2D eigenvalue weighted by molar-refractivity contribution is -0.122. The minimum Gasteiger partial charge on any atom is -0.486 e. The van der Waals surface area contributed by atoms with Crippen molar-refractivity contribution in [2.45, 2.75) is 25.8 Å². The van der Waals surface area contributed by atoms with Gasteiger partial charge in [0.1, 0.15) is 19.0 Å². The first-order valence-electron chi connectivity index (χ1n) is 10.7. The first kappa shape index (κ1) is 20.5. The highest BCUT2D eigenvalue weighted by atomic mass is 16.6. The van der Waals surface area contributed by atoms with Gasteiger partial charge in [-0.05, 0) is 43.7 Å². The molecular formula is C23H30N4O3. The van der Waals surface area contributed by atoms with Gasteiger partial charge in [0.2, 0.25) is 5.91 Å².